The number of likely N-dealkylation sites (N-methyl/N-ethyl adjacent to an activating group) is 1. The summed E-state index contributed by atoms with van der Waals surface area (Å²) in [5, 5.41) is 0. The van der Waals surface area contributed by atoms with Crippen molar-refractivity contribution in [3.8, 4) is 5.75 Å². The number of thiazole rings is 1. The highest BCUT2D eigenvalue weighted by molar-refractivity contribution is 7.11. The van der Waals surface area contributed by atoms with E-state index >= 15 is 0 Å². The van der Waals surface area contributed by atoms with Crippen LogP contribution in [0.2, 0.25) is 0 Å². The minimum atomic E-state index is 0.0380. The SMILES string of the molecule is COc1ccc(C[C@H](C)N(C)C(=O)c2scnc2C)cc1. The number of ether oxygens (including phenoxy) is 1. The Balaban J connectivity index is 2.03. The van der Waals surface area contributed by atoms with Crippen LogP contribution in [0.25, 0.3) is 0 Å². The number of benzene rings is 1. The quantitative estimate of drug-likeness (QED) is 0.852. The molecule has 0 N–H and O–H groups in total. The number of hydrogen-bond donors (Lipinski definition) is 0. The molecule has 5 heteroatoms. The Labute approximate surface area is 129 Å². The molecule has 0 spiro atoms. The van der Waals surface area contributed by atoms with E-state index in [0.717, 1.165) is 22.7 Å². The third-order valence-corrected chi connectivity index (χ3v) is 4.53. The van der Waals surface area contributed by atoms with Crippen LogP contribution in [0.1, 0.15) is 27.9 Å². The van der Waals surface area contributed by atoms with Crippen molar-refractivity contribution >= 4 is 17.2 Å². The number of hydrogen-bond acceptors (Lipinski definition) is 4. The molecule has 0 aliphatic heterocycles. The van der Waals surface area contributed by atoms with Crippen LogP contribution in [0.15, 0.2) is 29.8 Å². The highest BCUT2D eigenvalue weighted by Gasteiger charge is 2.20. The Morgan fingerprint density at radius 2 is 2.05 bits per heavy atom. The maximum absolute atomic E-state index is 12.4. The third kappa shape index (κ3) is 3.61. The standard InChI is InChI=1S/C16H20N2O2S/c1-11(9-13-5-7-14(20-4)8-6-13)18(3)16(19)15-12(2)17-10-21-15/h5-8,10-11H,9H2,1-4H3/t11-/m0/s1. The Bertz CT molecular complexity index is 607. The molecule has 0 saturated carbocycles. The van der Waals surface area contributed by atoms with Gasteiger partial charge in [0.2, 0.25) is 0 Å². The summed E-state index contributed by atoms with van der Waals surface area (Å²) in [6.45, 7) is 3.92. The lowest BCUT2D eigenvalue weighted by Crippen LogP contribution is -2.36. The molecule has 0 aliphatic carbocycles. The van der Waals surface area contributed by atoms with Crippen LogP contribution in [0.3, 0.4) is 0 Å². The lowest BCUT2D eigenvalue weighted by Gasteiger charge is -2.24. The molecule has 2 aromatic rings. The average molecular weight is 304 g/mol. The van der Waals surface area contributed by atoms with Gasteiger partial charge in [-0.3, -0.25) is 4.79 Å². The maximum atomic E-state index is 12.4. The van der Waals surface area contributed by atoms with Crippen LogP contribution in [0.5, 0.6) is 5.75 Å². The summed E-state index contributed by atoms with van der Waals surface area (Å²) in [5.41, 5.74) is 3.70. The van der Waals surface area contributed by atoms with Crippen molar-refractivity contribution in [2.75, 3.05) is 14.2 Å². The van der Waals surface area contributed by atoms with Gasteiger partial charge in [0, 0.05) is 13.1 Å². The Morgan fingerprint density at radius 1 is 1.38 bits per heavy atom. The van der Waals surface area contributed by atoms with Crippen LogP contribution >= 0.6 is 11.3 Å². The van der Waals surface area contributed by atoms with Crippen molar-refractivity contribution in [2.45, 2.75) is 26.3 Å². The van der Waals surface area contributed by atoms with Gasteiger partial charge >= 0.3 is 0 Å². The van der Waals surface area contributed by atoms with Gasteiger partial charge in [-0.1, -0.05) is 12.1 Å². The van der Waals surface area contributed by atoms with Gasteiger partial charge in [-0.15, -0.1) is 11.3 Å². The molecule has 1 aromatic carbocycles. The number of nitrogens with zero attached hydrogens (tertiary/aromatic N) is 2. The lowest BCUT2D eigenvalue weighted by atomic mass is 10.1. The number of rotatable bonds is 5. The second kappa shape index (κ2) is 6.72. The predicted molar refractivity (Wildman–Crippen MR) is 85.1 cm³/mol. The van der Waals surface area contributed by atoms with Gasteiger partial charge in [0.15, 0.2) is 0 Å². The average Bonchev–Trinajstić information content (AvgIpc) is 2.92. The molecular weight excluding hydrogens is 284 g/mol. The second-order valence-corrected chi connectivity index (χ2v) is 5.94. The van der Waals surface area contributed by atoms with E-state index in [1.165, 1.54) is 16.9 Å². The molecule has 4 nitrogen and oxygen atoms in total. The van der Waals surface area contributed by atoms with Gasteiger partial charge in [-0.05, 0) is 38.0 Å². The Morgan fingerprint density at radius 3 is 2.57 bits per heavy atom. The number of methoxy groups -OCH3 is 1. The Kier molecular flexibility index (Phi) is 4.96. The van der Waals surface area contributed by atoms with Crippen LogP contribution in [-0.4, -0.2) is 36.0 Å². The molecule has 2 rings (SSSR count). The van der Waals surface area contributed by atoms with Crippen molar-refractivity contribution in [2.24, 2.45) is 0 Å². The molecule has 1 amide bonds. The highest BCUT2D eigenvalue weighted by atomic mass is 32.1. The summed E-state index contributed by atoms with van der Waals surface area (Å²) in [6, 6.07) is 8.07. The van der Waals surface area contributed by atoms with Crippen molar-refractivity contribution in [1.29, 1.82) is 0 Å². The molecule has 0 unspecified atom stereocenters. The Hall–Kier alpha value is -1.88. The van der Waals surface area contributed by atoms with E-state index in [9.17, 15) is 4.79 Å². The molecule has 0 bridgehead atoms. The summed E-state index contributed by atoms with van der Waals surface area (Å²) in [4.78, 5) is 19.1. The molecule has 0 fully saturated rings. The van der Waals surface area contributed by atoms with Crippen molar-refractivity contribution in [1.82, 2.24) is 9.88 Å². The van der Waals surface area contributed by atoms with E-state index in [0.29, 0.717) is 0 Å². The fourth-order valence-electron chi connectivity index (χ4n) is 2.11. The molecule has 1 heterocycles. The normalized spacial score (nSPS) is 12.0. The van der Waals surface area contributed by atoms with Crippen molar-refractivity contribution in [3.05, 3.63) is 45.9 Å². The van der Waals surface area contributed by atoms with Crippen molar-refractivity contribution in [3.63, 3.8) is 0 Å². The van der Waals surface area contributed by atoms with Gasteiger partial charge < -0.3 is 9.64 Å². The van der Waals surface area contributed by atoms with E-state index in [4.69, 9.17) is 4.74 Å². The summed E-state index contributed by atoms with van der Waals surface area (Å²) in [5.74, 6) is 0.882. The van der Waals surface area contributed by atoms with E-state index in [2.05, 4.69) is 11.9 Å². The smallest absolute Gasteiger partial charge is 0.265 e. The summed E-state index contributed by atoms with van der Waals surface area (Å²) in [6.07, 6.45) is 0.810. The first kappa shape index (κ1) is 15.5. The third-order valence-electron chi connectivity index (χ3n) is 3.61. The summed E-state index contributed by atoms with van der Waals surface area (Å²) < 4.78 is 5.15. The number of aromatic nitrogens is 1. The first-order valence-electron chi connectivity index (χ1n) is 6.83. The number of amides is 1. The largest absolute Gasteiger partial charge is 0.497 e. The molecule has 21 heavy (non-hydrogen) atoms. The predicted octanol–water partition coefficient (Wildman–Crippen LogP) is 3.16. The number of carbonyl (C=O) groups excluding carboxylic acids is 1. The fraction of sp³-hybridized carbons (Fsp3) is 0.375. The zero-order valence-electron chi connectivity index (χ0n) is 12.8. The minimum absolute atomic E-state index is 0.0380. The molecular formula is C16H20N2O2S. The van der Waals surface area contributed by atoms with Crippen LogP contribution in [-0.2, 0) is 6.42 Å². The number of aryl methyl sites for hydroxylation is 1. The second-order valence-electron chi connectivity index (χ2n) is 5.08. The van der Waals surface area contributed by atoms with Gasteiger partial charge in [-0.2, -0.15) is 0 Å². The summed E-state index contributed by atoms with van der Waals surface area (Å²) >= 11 is 1.40. The van der Waals surface area contributed by atoms with Crippen LogP contribution in [0, 0.1) is 6.92 Å². The van der Waals surface area contributed by atoms with E-state index in [-0.39, 0.29) is 11.9 Å². The molecule has 0 saturated heterocycles. The van der Waals surface area contributed by atoms with Gasteiger partial charge in [-0.25, -0.2) is 4.98 Å². The topological polar surface area (TPSA) is 42.4 Å². The zero-order valence-corrected chi connectivity index (χ0v) is 13.6. The molecule has 0 aliphatic rings. The van der Waals surface area contributed by atoms with E-state index in [1.807, 2.05) is 38.2 Å². The molecule has 1 atom stereocenters. The first-order valence-corrected chi connectivity index (χ1v) is 7.71. The van der Waals surface area contributed by atoms with E-state index in [1.54, 1.807) is 17.5 Å². The van der Waals surface area contributed by atoms with Gasteiger partial charge in [0.05, 0.1) is 18.3 Å². The lowest BCUT2D eigenvalue weighted by molar-refractivity contribution is 0.0747. The van der Waals surface area contributed by atoms with Gasteiger partial charge in [0.25, 0.3) is 5.91 Å². The van der Waals surface area contributed by atoms with E-state index < -0.39 is 0 Å². The molecule has 112 valence electrons. The summed E-state index contributed by atoms with van der Waals surface area (Å²) in [7, 11) is 3.50. The molecule has 1 aromatic heterocycles. The molecule has 0 radical (unpaired) electrons. The van der Waals surface area contributed by atoms with Gasteiger partial charge in [0.1, 0.15) is 10.6 Å². The van der Waals surface area contributed by atoms with Crippen LogP contribution < -0.4 is 4.74 Å². The number of carbonyl (C=O) groups is 1. The monoisotopic (exact) mass is 304 g/mol. The van der Waals surface area contributed by atoms with Crippen LogP contribution in [0.4, 0.5) is 0 Å². The zero-order chi connectivity index (χ0) is 15.4. The van der Waals surface area contributed by atoms with Crippen molar-refractivity contribution < 1.29 is 9.53 Å². The first-order chi connectivity index (χ1) is 10.0. The highest BCUT2D eigenvalue weighted by Crippen LogP contribution is 2.18. The minimum Gasteiger partial charge on any atom is -0.497 e. The maximum Gasteiger partial charge on any atom is 0.265 e. The fourth-order valence-corrected chi connectivity index (χ4v) is 2.89.